The average Bonchev–Trinajstić information content (AvgIpc) is 2.78. The van der Waals surface area contributed by atoms with Gasteiger partial charge in [0.25, 0.3) is 5.91 Å². The molecule has 1 fully saturated rings. The van der Waals surface area contributed by atoms with E-state index in [1.165, 1.54) is 4.90 Å². The molecule has 0 bridgehead atoms. The predicted molar refractivity (Wildman–Crippen MR) is 149 cm³/mol. The number of carbonyl (C=O) groups is 2. The largest absolute Gasteiger partial charge is 0.481 e. The van der Waals surface area contributed by atoms with Gasteiger partial charge in [0.1, 0.15) is 12.2 Å². The first kappa shape index (κ1) is 30.4. The van der Waals surface area contributed by atoms with Crippen molar-refractivity contribution < 1.29 is 27.9 Å². The molecular formula is C28H35Cl2NO6S. The molecule has 3 rings (SSSR count). The molecule has 0 saturated carbocycles. The lowest BCUT2D eigenvalue weighted by Gasteiger charge is -2.51. The number of hydrogen-bond donors (Lipinski definition) is 1. The Bertz CT molecular complexity index is 1280. The summed E-state index contributed by atoms with van der Waals surface area (Å²) in [5.41, 5.74) is 0.614. The van der Waals surface area contributed by atoms with E-state index in [1.807, 2.05) is 20.8 Å². The Morgan fingerprint density at radius 3 is 2.11 bits per heavy atom. The summed E-state index contributed by atoms with van der Waals surface area (Å²) in [6.45, 7) is 10.5. The van der Waals surface area contributed by atoms with Crippen molar-refractivity contribution in [2.75, 3.05) is 5.75 Å². The fraction of sp³-hybridized carbons (Fsp3) is 0.500. The van der Waals surface area contributed by atoms with Crippen molar-refractivity contribution >= 4 is 44.9 Å². The molecule has 208 valence electrons. The molecule has 0 aromatic heterocycles. The number of nitrogens with zero attached hydrogens (tertiary/aromatic N) is 1. The highest BCUT2D eigenvalue weighted by Crippen LogP contribution is 2.47. The zero-order chi connectivity index (χ0) is 28.6. The molecule has 4 atom stereocenters. The number of carboxylic acids is 1. The van der Waals surface area contributed by atoms with Gasteiger partial charge in [0.05, 0.1) is 29.0 Å². The van der Waals surface area contributed by atoms with Gasteiger partial charge in [-0.05, 0) is 61.6 Å². The van der Waals surface area contributed by atoms with Crippen LogP contribution in [0.2, 0.25) is 10.0 Å². The van der Waals surface area contributed by atoms with Crippen LogP contribution in [0.15, 0.2) is 48.5 Å². The van der Waals surface area contributed by atoms with Crippen molar-refractivity contribution in [1.29, 1.82) is 0 Å². The average molecular weight is 585 g/mol. The minimum Gasteiger partial charge on any atom is -0.481 e. The van der Waals surface area contributed by atoms with Crippen molar-refractivity contribution in [2.24, 2.45) is 5.41 Å². The first-order valence-electron chi connectivity index (χ1n) is 12.3. The summed E-state index contributed by atoms with van der Waals surface area (Å²) in [6.07, 6.45) is -2.70. The second-order valence-electron chi connectivity index (χ2n) is 11.7. The van der Waals surface area contributed by atoms with Crippen molar-refractivity contribution in [3.8, 4) is 0 Å². The molecular weight excluding hydrogens is 549 g/mol. The Balaban J connectivity index is 2.30. The minimum atomic E-state index is -3.69. The van der Waals surface area contributed by atoms with Gasteiger partial charge in [-0.25, -0.2) is 8.42 Å². The molecule has 38 heavy (non-hydrogen) atoms. The lowest BCUT2D eigenvalue weighted by Crippen LogP contribution is -2.60. The summed E-state index contributed by atoms with van der Waals surface area (Å²) in [5, 5.41) is 10.5. The smallest absolute Gasteiger partial charge is 0.306 e. The summed E-state index contributed by atoms with van der Waals surface area (Å²) >= 11 is 12.5. The first-order chi connectivity index (χ1) is 17.4. The number of benzene rings is 2. The van der Waals surface area contributed by atoms with Gasteiger partial charge in [-0.1, -0.05) is 68.2 Å². The van der Waals surface area contributed by atoms with Gasteiger partial charge < -0.3 is 14.7 Å². The molecule has 2 aromatic carbocycles. The lowest BCUT2D eigenvalue weighted by atomic mass is 9.82. The van der Waals surface area contributed by atoms with Crippen LogP contribution in [0.25, 0.3) is 0 Å². The van der Waals surface area contributed by atoms with Crippen LogP contribution >= 0.6 is 23.2 Å². The van der Waals surface area contributed by atoms with Gasteiger partial charge in [0.2, 0.25) is 0 Å². The minimum absolute atomic E-state index is 0.308. The fourth-order valence-electron chi connectivity index (χ4n) is 4.55. The molecule has 1 heterocycles. The quantitative estimate of drug-likeness (QED) is 0.422. The molecule has 4 unspecified atom stereocenters. The number of amides is 1. The zero-order valence-corrected chi connectivity index (χ0v) is 24.8. The van der Waals surface area contributed by atoms with Crippen molar-refractivity contribution in [3.63, 3.8) is 0 Å². The summed E-state index contributed by atoms with van der Waals surface area (Å²) in [4.78, 5) is 27.4. The third-order valence-electron chi connectivity index (χ3n) is 6.82. The van der Waals surface area contributed by atoms with Crippen LogP contribution in [-0.4, -0.2) is 52.9 Å². The normalized spacial score (nSPS) is 21.8. The summed E-state index contributed by atoms with van der Waals surface area (Å²) in [5.74, 6) is -2.08. The van der Waals surface area contributed by atoms with Crippen LogP contribution in [0.3, 0.4) is 0 Å². The first-order valence-corrected chi connectivity index (χ1v) is 14.8. The second-order valence-corrected chi connectivity index (χ2v) is 15.4. The van der Waals surface area contributed by atoms with Crippen molar-refractivity contribution in [2.45, 2.75) is 77.0 Å². The number of morpholine rings is 1. The molecule has 0 radical (unpaired) electrons. The maximum Gasteiger partial charge on any atom is 0.306 e. The van der Waals surface area contributed by atoms with Crippen LogP contribution in [0, 0.1) is 5.41 Å². The van der Waals surface area contributed by atoms with Crippen molar-refractivity contribution in [1.82, 2.24) is 4.90 Å². The third-order valence-corrected chi connectivity index (χ3v) is 9.93. The zero-order valence-electron chi connectivity index (χ0n) is 22.4. The number of carboxylic acid groups (broad SMARTS) is 1. The van der Waals surface area contributed by atoms with E-state index in [-0.39, 0.29) is 5.75 Å². The Kier molecular flexibility index (Phi) is 8.93. The second kappa shape index (κ2) is 11.2. The van der Waals surface area contributed by atoms with E-state index in [0.29, 0.717) is 21.2 Å². The monoisotopic (exact) mass is 583 g/mol. The highest BCUT2D eigenvalue weighted by molar-refractivity contribution is 7.92. The summed E-state index contributed by atoms with van der Waals surface area (Å²) in [7, 11) is -3.69. The van der Waals surface area contributed by atoms with E-state index in [0.717, 1.165) is 0 Å². The summed E-state index contributed by atoms with van der Waals surface area (Å²) in [6, 6.07) is 12.3. The molecule has 1 N–H and O–H groups in total. The Morgan fingerprint density at radius 1 is 1.00 bits per heavy atom. The number of ether oxygens (including phenoxy) is 1. The highest BCUT2D eigenvalue weighted by Gasteiger charge is 2.51. The highest BCUT2D eigenvalue weighted by atomic mass is 35.5. The number of halogens is 2. The lowest BCUT2D eigenvalue weighted by molar-refractivity contribution is -0.186. The van der Waals surface area contributed by atoms with E-state index >= 15 is 0 Å². The standard InChI is InChI=1S/C28H35Cl2NO6S/c1-27(2,3)22(16-38(35,36)28(4,5)6)31-24(17-10-12-19(29)13-11-17)25(18-8-7-9-20(30)14-18)37-21(26(31)34)15-23(32)33/h7-14,21-22,24-25H,15-16H2,1-6H3,(H,32,33). The fourth-order valence-corrected chi connectivity index (χ4v) is 6.45. The Labute approximate surface area is 235 Å². The van der Waals surface area contributed by atoms with E-state index in [2.05, 4.69) is 0 Å². The topological polar surface area (TPSA) is 101 Å². The SMILES string of the molecule is CC(C)(C)C(CS(=O)(=O)C(C)(C)C)N1C(=O)C(CC(=O)O)OC(c2cccc(Cl)c2)C1c1ccc(Cl)cc1. The van der Waals surface area contributed by atoms with E-state index < -0.39 is 62.6 Å². The van der Waals surface area contributed by atoms with Crippen LogP contribution in [-0.2, 0) is 24.2 Å². The van der Waals surface area contributed by atoms with Gasteiger partial charge in [-0.15, -0.1) is 0 Å². The molecule has 1 aliphatic rings. The maximum atomic E-state index is 14.1. The molecule has 0 spiro atoms. The van der Waals surface area contributed by atoms with Gasteiger partial charge in [0.15, 0.2) is 9.84 Å². The van der Waals surface area contributed by atoms with Crippen LogP contribution < -0.4 is 0 Å². The number of aliphatic carboxylic acids is 1. The number of sulfone groups is 1. The van der Waals surface area contributed by atoms with Gasteiger partial charge in [0, 0.05) is 10.0 Å². The van der Waals surface area contributed by atoms with Crippen LogP contribution in [0.5, 0.6) is 0 Å². The predicted octanol–water partition coefficient (Wildman–Crippen LogP) is 6.11. The molecule has 1 aliphatic heterocycles. The van der Waals surface area contributed by atoms with Crippen molar-refractivity contribution in [3.05, 3.63) is 69.7 Å². The Hall–Kier alpha value is -2.13. The molecule has 2 aromatic rings. The van der Waals surface area contributed by atoms with Gasteiger partial charge in [-0.3, -0.25) is 9.59 Å². The summed E-state index contributed by atoms with van der Waals surface area (Å²) < 4.78 is 32.2. The van der Waals surface area contributed by atoms with E-state index in [9.17, 15) is 23.1 Å². The number of carbonyl (C=O) groups excluding carboxylic acids is 1. The van der Waals surface area contributed by atoms with E-state index in [4.69, 9.17) is 27.9 Å². The molecule has 1 amide bonds. The molecule has 7 nitrogen and oxygen atoms in total. The van der Waals surface area contributed by atoms with E-state index in [1.54, 1.807) is 69.3 Å². The third kappa shape index (κ3) is 6.71. The molecule has 0 aliphatic carbocycles. The number of rotatable bonds is 7. The molecule has 1 saturated heterocycles. The van der Waals surface area contributed by atoms with Gasteiger partial charge in [-0.2, -0.15) is 0 Å². The van der Waals surface area contributed by atoms with Gasteiger partial charge >= 0.3 is 5.97 Å². The maximum absolute atomic E-state index is 14.1. The van der Waals surface area contributed by atoms with Crippen LogP contribution in [0.4, 0.5) is 0 Å². The number of hydrogen-bond acceptors (Lipinski definition) is 5. The van der Waals surface area contributed by atoms with Crippen LogP contribution in [0.1, 0.15) is 71.2 Å². The Morgan fingerprint density at radius 2 is 1.61 bits per heavy atom. The molecule has 10 heteroatoms.